The van der Waals surface area contributed by atoms with Gasteiger partial charge in [0.15, 0.2) is 15.7 Å². The molecule has 0 fully saturated rings. The Balaban J connectivity index is 1.66. The molecule has 1 amide bonds. The molecule has 2 heterocycles. The molecule has 144 valence electrons. The molecule has 0 spiro atoms. The zero-order valence-electron chi connectivity index (χ0n) is 15.4. The molecule has 10 heteroatoms. The Kier molecular flexibility index (Phi) is 6.61. The molecule has 2 aromatic heterocycles. The predicted molar refractivity (Wildman–Crippen MR) is 114 cm³/mol. The van der Waals surface area contributed by atoms with Gasteiger partial charge in [0.05, 0.1) is 21.7 Å². The Morgan fingerprint density at radius 3 is 2.86 bits per heavy atom. The number of thioether (sulfide) groups is 1. The lowest BCUT2D eigenvalue weighted by Crippen LogP contribution is -2.15. The van der Waals surface area contributed by atoms with Gasteiger partial charge in [-0.3, -0.25) is 14.5 Å². The van der Waals surface area contributed by atoms with Crippen LogP contribution in [0.1, 0.15) is 17.7 Å². The maximum Gasteiger partial charge on any atom is 0.227 e. The number of nitriles is 1. The Morgan fingerprint density at radius 2 is 2.14 bits per heavy atom. The van der Waals surface area contributed by atoms with Gasteiger partial charge in [0.1, 0.15) is 0 Å². The van der Waals surface area contributed by atoms with Crippen molar-refractivity contribution >= 4 is 46.4 Å². The number of aryl methyl sites for hydroxylation is 2. The van der Waals surface area contributed by atoms with Crippen LogP contribution in [0.15, 0.2) is 28.5 Å². The first-order valence-corrected chi connectivity index (χ1v) is 10.7. The van der Waals surface area contributed by atoms with Crippen LogP contribution in [-0.2, 0) is 11.3 Å². The van der Waals surface area contributed by atoms with Crippen LogP contribution < -0.4 is 5.32 Å². The van der Waals surface area contributed by atoms with Gasteiger partial charge >= 0.3 is 0 Å². The number of amides is 1. The quantitative estimate of drug-likeness (QED) is 0.428. The lowest BCUT2D eigenvalue weighted by atomic mass is 10.1. The molecule has 3 aromatic rings. The number of anilines is 1. The average molecular weight is 431 g/mol. The molecule has 0 saturated carbocycles. The van der Waals surface area contributed by atoms with E-state index in [0.717, 1.165) is 21.0 Å². The van der Waals surface area contributed by atoms with Crippen molar-refractivity contribution in [3.05, 3.63) is 40.3 Å². The Hall–Kier alpha value is -2.48. The highest BCUT2D eigenvalue weighted by Gasteiger charge is 2.13. The average Bonchev–Trinajstić information content (AvgIpc) is 3.21. The molecule has 28 heavy (non-hydrogen) atoms. The number of carbonyl (C=O) groups is 1. The number of aromatic nitrogens is 4. The summed E-state index contributed by atoms with van der Waals surface area (Å²) in [4.78, 5) is 16.7. The fourth-order valence-corrected chi connectivity index (χ4v) is 4.55. The molecule has 3 rings (SSSR count). The second-order valence-corrected chi connectivity index (χ2v) is 8.64. The van der Waals surface area contributed by atoms with Crippen LogP contribution in [0.4, 0.5) is 5.13 Å². The number of rotatable bonds is 7. The molecule has 0 aliphatic rings. The van der Waals surface area contributed by atoms with E-state index in [-0.39, 0.29) is 12.3 Å². The van der Waals surface area contributed by atoms with E-state index in [4.69, 9.17) is 17.5 Å². The molecular formula is C18H18N6OS3. The molecule has 0 radical (unpaired) electrons. The second kappa shape index (κ2) is 9.14. The summed E-state index contributed by atoms with van der Waals surface area (Å²) in [5.41, 5.74) is 2.92. The first-order chi connectivity index (χ1) is 13.5. The van der Waals surface area contributed by atoms with Crippen molar-refractivity contribution in [1.29, 1.82) is 5.26 Å². The summed E-state index contributed by atoms with van der Waals surface area (Å²) in [6.45, 7) is 4.30. The predicted octanol–water partition coefficient (Wildman–Crippen LogP) is 4.33. The number of hydrogen-bond donors (Lipinski definition) is 2. The molecule has 0 aliphatic heterocycles. The largest absolute Gasteiger partial charge is 0.302 e. The number of nitrogens with one attached hydrogen (secondary N) is 2. The summed E-state index contributed by atoms with van der Waals surface area (Å²) in [5, 5.41) is 19.2. The smallest absolute Gasteiger partial charge is 0.227 e. The lowest BCUT2D eigenvalue weighted by Gasteiger charge is -2.07. The fourth-order valence-electron chi connectivity index (χ4n) is 2.51. The lowest BCUT2D eigenvalue weighted by molar-refractivity contribution is -0.116. The summed E-state index contributed by atoms with van der Waals surface area (Å²) in [6, 6.07) is 10.1. The number of aromatic amines is 1. The Bertz CT molecular complexity index is 1070. The Morgan fingerprint density at radius 1 is 1.39 bits per heavy atom. The number of H-pyrrole nitrogens is 1. The maximum absolute atomic E-state index is 12.4. The minimum absolute atomic E-state index is 0.150. The minimum Gasteiger partial charge on any atom is -0.302 e. The molecule has 0 bridgehead atoms. The summed E-state index contributed by atoms with van der Waals surface area (Å²) < 4.78 is 3.24. The highest BCUT2D eigenvalue weighted by Crippen LogP contribution is 2.31. The minimum atomic E-state index is -0.150. The van der Waals surface area contributed by atoms with Crippen molar-refractivity contribution in [2.45, 2.75) is 31.0 Å². The zero-order chi connectivity index (χ0) is 20.1. The first kappa shape index (κ1) is 20.3. The highest BCUT2D eigenvalue weighted by atomic mass is 32.2. The number of benzene rings is 1. The summed E-state index contributed by atoms with van der Waals surface area (Å²) in [5.74, 6) is 0.915. The van der Waals surface area contributed by atoms with Gasteiger partial charge in [-0.05, 0) is 26.1 Å². The third-order valence-electron chi connectivity index (χ3n) is 3.90. The van der Waals surface area contributed by atoms with Gasteiger partial charge in [-0.15, -0.1) is 0 Å². The van der Waals surface area contributed by atoms with Gasteiger partial charge in [0.2, 0.25) is 5.91 Å². The van der Waals surface area contributed by atoms with E-state index in [1.807, 2.05) is 42.7 Å². The van der Waals surface area contributed by atoms with Gasteiger partial charge in [0.25, 0.3) is 0 Å². The number of hydrogen-bond acceptors (Lipinski definition) is 7. The van der Waals surface area contributed by atoms with Crippen molar-refractivity contribution < 1.29 is 4.79 Å². The maximum atomic E-state index is 12.4. The van der Waals surface area contributed by atoms with Crippen molar-refractivity contribution in [3.63, 3.8) is 0 Å². The summed E-state index contributed by atoms with van der Waals surface area (Å²) in [6.07, 6.45) is 0.242. The first-order valence-electron chi connectivity index (χ1n) is 8.47. The number of carbonyl (C=O) groups excluding carboxylic acids is 1. The SMILES string of the molecule is Cc1ccc(-c2n[nH]c(=S)n2CCC(=O)Nc2nc(C)c(SCC#N)s2)cc1. The van der Waals surface area contributed by atoms with Crippen LogP contribution >= 0.6 is 35.3 Å². The van der Waals surface area contributed by atoms with Crippen LogP contribution in [0.3, 0.4) is 0 Å². The van der Waals surface area contributed by atoms with Crippen molar-refractivity contribution in [2.24, 2.45) is 0 Å². The molecule has 0 aliphatic carbocycles. The van der Waals surface area contributed by atoms with Crippen LogP contribution in [0.5, 0.6) is 0 Å². The number of thiazole rings is 1. The topological polar surface area (TPSA) is 99.4 Å². The molecule has 1 aromatic carbocycles. The summed E-state index contributed by atoms with van der Waals surface area (Å²) >= 11 is 8.12. The van der Waals surface area contributed by atoms with E-state index in [1.54, 1.807) is 0 Å². The van der Waals surface area contributed by atoms with Crippen LogP contribution in [0.25, 0.3) is 11.4 Å². The van der Waals surface area contributed by atoms with Gasteiger partial charge < -0.3 is 5.32 Å². The third kappa shape index (κ3) is 4.86. The van der Waals surface area contributed by atoms with Gasteiger partial charge in [-0.25, -0.2) is 4.98 Å². The zero-order valence-corrected chi connectivity index (χ0v) is 17.8. The molecular weight excluding hydrogens is 412 g/mol. The molecule has 0 atom stereocenters. The highest BCUT2D eigenvalue weighted by molar-refractivity contribution is 8.01. The van der Waals surface area contributed by atoms with Crippen molar-refractivity contribution in [1.82, 2.24) is 19.7 Å². The summed E-state index contributed by atoms with van der Waals surface area (Å²) in [7, 11) is 0. The number of nitrogens with zero attached hydrogens (tertiary/aromatic N) is 4. The van der Waals surface area contributed by atoms with E-state index in [9.17, 15) is 4.79 Å². The van der Waals surface area contributed by atoms with E-state index in [2.05, 4.69) is 26.6 Å². The molecule has 0 saturated heterocycles. The van der Waals surface area contributed by atoms with Crippen LogP contribution in [-0.4, -0.2) is 31.4 Å². The molecule has 0 unspecified atom stereocenters. The second-order valence-electron chi connectivity index (χ2n) is 6.01. The monoisotopic (exact) mass is 430 g/mol. The molecule has 2 N–H and O–H groups in total. The third-order valence-corrected chi connectivity index (χ3v) is 6.51. The van der Waals surface area contributed by atoms with E-state index < -0.39 is 0 Å². The van der Waals surface area contributed by atoms with Gasteiger partial charge in [-0.1, -0.05) is 52.9 Å². The van der Waals surface area contributed by atoms with Crippen LogP contribution in [0.2, 0.25) is 0 Å². The van der Waals surface area contributed by atoms with Crippen LogP contribution in [0, 0.1) is 29.9 Å². The normalized spacial score (nSPS) is 10.6. The fraction of sp³-hybridized carbons (Fsp3) is 0.278. The Labute approximate surface area is 175 Å². The van der Waals surface area contributed by atoms with E-state index in [0.29, 0.717) is 28.0 Å². The van der Waals surface area contributed by atoms with E-state index in [1.165, 1.54) is 23.1 Å². The van der Waals surface area contributed by atoms with Crippen molar-refractivity contribution in [2.75, 3.05) is 11.1 Å². The molecule has 7 nitrogen and oxygen atoms in total. The standard InChI is InChI=1S/C18H18N6OS3/c1-11-3-5-13(6-4-11)15-22-23-18(26)24(15)9-7-14(25)21-17-20-12(2)16(28-17)27-10-8-19/h3-6H,7,9-10H2,1-2H3,(H,23,26)(H,20,21,25). The van der Waals surface area contributed by atoms with Crippen molar-refractivity contribution in [3.8, 4) is 17.5 Å². The van der Waals surface area contributed by atoms with Gasteiger partial charge in [0, 0.05) is 18.5 Å². The van der Waals surface area contributed by atoms with E-state index >= 15 is 0 Å². The van der Waals surface area contributed by atoms with Gasteiger partial charge in [-0.2, -0.15) is 10.4 Å².